The molecule has 0 spiro atoms. The number of fused-ring (bicyclic) bond motifs is 1. The highest BCUT2D eigenvalue weighted by atomic mass is 32.1. The van der Waals surface area contributed by atoms with Crippen LogP contribution in [-0.4, -0.2) is 45.9 Å². The summed E-state index contributed by atoms with van der Waals surface area (Å²) in [7, 11) is 0. The molecule has 2 N–H and O–H groups in total. The number of nitrogens with zero attached hydrogens (tertiary/aromatic N) is 4. The summed E-state index contributed by atoms with van der Waals surface area (Å²) in [5.74, 6) is 0.916. The fraction of sp³-hybridized carbons (Fsp3) is 0.231. The summed E-state index contributed by atoms with van der Waals surface area (Å²) in [6.07, 6.45) is 1.58. The van der Waals surface area contributed by atoms with Crippen LogP contribution in [0, 0.1) is 12.7 Å². The maximum atomic E-state index is 14.4. The van der Waals surface area contributed by atoms with Gasteiger partial charge >= 0.3 is 0 Å². The number of aromatic nitrogens is 3. The van der Waals surface area contributed by atoms with Crippen molar-refractivity contribution in [2.24, 2.45) is 0 Å². The molecule has 0 radical (unpaired) electrons. The highest BCUT2D eigenvalue weighted by molar-refractivity contribution is 7.17. The van der Waals surface area contributed by atoms with Crippen LogP contribution in [0.15, 0.2) is 71.3 Å². The number of halogens is 1. The fourth-order valence-corrected chi connectivity index (χ4v) is 5.95. The summed E-state index contributed by atoms with van der Waals surface area (Å²) in [6.45, 7) is 5.12. The molecule has 7 nitrogen and oxygen atoms in total. The van der Waals surface area contributed by atoms with Crippen molar-refractivity contribution in [3.05, 3.63) is 88.7 Å². The molecule has 3 aromatic heterocycles. The molecule has 1 saturated heterocycles. The molecular formula is C26H25FN5O2S+. The Balaban J connectivity index is 1.34. The number of aromatic hydroxyl groups is 1. The van der Waals surface area contributed by atoms with E-state index in [1.54, 1.807) is 24.5 Å². The number of piperazine rings is 1. The first-order valence-corrected chi connectivity index (χ1v) is 12.4. The zero-order chi connectivity index (χ0) is 23.9. The van der Waals surface area contributed by atoms with Gasteiger partial charge in [0.05, 0.1) is 38.1 Å². The molecule has 1 atom stereocenters. The molecule has 2 aromatic carbocycles. The third-order valence-corrected chi connectivity index (χ3v) is 7.71. The number of aryl methyl sites for hydroxylation is 1. The zero-order valence-electron chi connectivity index (χ0n) is 19.2. The van der Waals surface area contributed by atoms with E-state index in [-0.39, 0.29) is 17.7 Å². The zero-order valence-corrected chi connectivity index (χ0v) is 20.0. The fourth-order valence-electron chi connectivity index (χ4n) is 4.81. The normalized spacial score (nSPS) is 15.7. The molecule has 1 aliphatic heterocycles. The Labute approximate surface area is 205 Å². The molecule has 0 saturated carbocycles. The number of quaternary nitrogens is 1. The van der Waals surface area contributed by atoms with E-state index in [1.165, 1.54) is 32.4 Å². The lowest BCUT2D eigenvalue weighted by Crippen LogP contribution is -3.15. The van der Waals surface area contributed by atoms with Gasteiger partial charge in [0.15, 0.2) is 11.8 Å². The standard InChI is InChI=1S/C26H24FN5O2S/c1-17-8-10-18(11-9-17)22(31-14-12-30(13-15-31)20-6-3-2-5-19(20)27)23-25(33)32-26(35-23)28-24(29-32)21-7-4-16-34-21/h2-11,16,22,33H,12-15H2,1H3/p+1. The Kier molecular flexibility index (Phi) is 5.50. The minimum atomic E-state index is -0.193. The van der Waals surface area contributed by atoms with Crippen LogP contribution < -0.4 is 9.80 Å². The number of nitrogens with one attached hydrogen (secondary N) is 1. The molecule has 35 heavy (non-hydrogen) atoms. The average Bonchev–Trinajstić information content (AvgIpc) is 3.60. The van der Waals surface area contributed by atoms with Crippen LogP contribution in [0.1, 0.15) is 22.0 Å². The monoisotopic (exact) mass is 490 g/mol. The van der Waals surface area contributed by atoms with Gasteiger partial charge in [0.1, 0.15) is 10.7 Å². The minimum Gasteiger partial charge on any atom is -0.492 e. The Morgan fingerprint density at radius 3 is 2.51 bits per heavy atom. The molecule has 0 aliphatic carbocycles. The molecule has 4 heterocycles. The van der Waals surface area contributed by atoms with Crippen LogP contribution in [0.4, 0.5) is 10.1 Å². The highest BCUT2D eigenvalue weighted by Crippen LogP contribution is 2.36. The molecule has 9 heteroatoms. The first-order valence-electron chi connectivity index (χ1n) is 11.6. The Hall–Kier alpha value is -3.69. The predicted octanol–water partition coefficient (Wildman–Crippen LogP) is 3.70. The molecule has 1 unspecified atom stereocenters. The van der Waals surface area contributed by atoms with Gasteiger partial charge < -0.3 is 19.3 Å². The lowest BCUT2D eigenvalue weighted by atomic mass is 10.0. The smallest absolute Gasteiger partial charge is 0.235 e. The third-order valence-electron chi connectivity index (χ3n) is 6.62. The van der Waals surface area contributed by atoms with E-state index < -0.39 is 0 Å². The second-order valence-corrected chi connectivity index (χ2v) is 9.85. The first-order chi connectivity index (χ1) is 17.1. The number of para-hydroxylation sites is 1. The largest absolute Gasteiger partial charge is 0.492 e. The molecule has 0 bridgehead atoms. The van der Waals surface area contributed by atoms with Crippen molar-refractivity contribution in [3.8, 4) is 17.5 Å². The highest BCUT2D eigenvalue weighted by Gasteiger charge is 2.35. The van der Waals surface area contributed by atoms with Gasteiger partial charge in [-0.05, 0) is 31.2 Å². The topological polar surface area (TPSA) is 71.2 Å². The summed E-state index contributed by atoms with van der Waals surface area (Å²) in [6, 6.07) is 18.9. The number of thiazole rings is 1. The van der Waals surface area contributed by atoms with Crippen molar-refractivity contribution in [3.63, 3.8) is 0 Å². The Morgan fingerprint density at radius 1 is 1.06 bits per heavy atom. The molecule has 0 amide bonds. The van der Waals surface area contributed by atoms with Gasteiger partial charge in [-0.3, -0.25) is 0 Å². The van der Waals surface area contributed by atoms with Gasteiger partial charge in [-0.2, -0.15) is 9.50 Å². The number of benzene rings is 2. The van der Waals surface area contributed by atoms with E-state index in [2.05, 4.69) is 46.2 Å². The maximum Gasteiger partial charge on any atom is 0.235 e. The second kappa shape index (κ2) is 8.83. The second-order valence-electron chi connectivity index (χ2n) is 8.84. The van der Waals surface area contributed by atoms with Gasteiger partial charge in [-0.25, -0.2) is 4.39 Å². The number of hydrogen-bond donors (Lipinski definition) is 2. The molecular weight excluding hydrogens is 465 g/mol. The van der Waals surface area contributed by atoms with E-state index in [0.29, 0.717) is 22.2 Å². The summed E-state index contributed by atoms with van der Waals surface area (Å²) < 4.78 is 21.3. The van der Waals surface area contributed by atoms with E-state index in [1.807, 2.05) is 12.1 Å². The summed E-state index contributed by atoms with van der Waals surface area (Å²) in [5, 5.41) is 15.7. The molecule has 6 rings (SSSR count). The summed E-state index contributed by atoms with van der Waals surface area (Å²) >= 11 is 1.45. The van der Waals surface area contributed by atoms with Gasteiger partial charge in [-0.1, -0.05) is 53.3 Å². The van der Waals surface area contributed by atoms with Gasteiger partial charge in [-0.15, -0.1) is 5.10 Å². The SMILES string of the molecule is Cc1ccc(C(c2sc3nc(-c4ccco4)nn3c2O)[NH+]2CCN(c3ccccc3F)CC2)cc1. The quantitative estimate of drug-likeness (QED) is 0.393. The van der Waals surface area contributed by atoms with Gasteiger partial charge in [0, 0.05) is 5.56 Å². The third kappa shape index (κ3) is 3.96. The van der Waals surface area contributed by atoms with Gasteiger partial charge in [0.2, 0.25) is 16.7 Å². The lowest BCUT2D eigenvalue weighted by Gasteiger charge is -2.37. The predicted molar refractivity (Wildman–Crippen MR) is 133 cm³/mol. The number of rotatable bonds is 5. The Bertz CT molecular complexity index is 1450. The van der Waals surface area contributed by atoms with Crippen molar-refractivity contribution in [1.82, 2.24) is 14.6 Å². The van der Waals surface area contributed by atoms with Crippen LogP contribution in [0.3, 0.4) is 0 Å². The van der Waals surface area contributed by atoms with Crippen molar-refractivity contribution in [2.75, 3.05) is 31.1 Å². The molecule has 1 aliphatic rings. The van der Waals surface area contributed by atoms with Crippen LogP contribution in [-0.2, 0) is 0 Å². The van der Waals surface area contributed by atoms with Crippen molar-refractivity contribution in [2.45, 2.75) is 13.0 Å². The van der Waals surface area contributed by atoms with Crippen molar-refractivity contribution in [1.29, 1.82) is 0 Å². The summed E-state index contributed by atoms with van der Waals surface area (Å²) in [4.78, 5) is 9.44. The number of furan rings is 1. The number of hydrogen-bond acceptors (Lipinski definition) is 6. The van der Waals surface area contributed by atoms with Crippen molar-refractivity contribution >= 4 is 22.0 Å². The maximum absolute atomic E-state index is 14.4. The van der Waals surface area contributed by atoms with E-state index in [4.69, 9.17) is 4.42 Å². The summed E-state index contributed by atoms with van der Waals surface area (Å²) in [5.41, 5.74) is 2.95. The molecule has 5 aromatic rings. The van der Waals surface area contributed by atoms with E-state index >= 15 is 0 Å². The lowest BCUT2D eigenvalue weighted by molar-refractivity contribution is -0.925. The minimum absolute atomic E-state index is 0.0843. The van der Waals surface area contributed by atoms with Crippen LogP contribution >= 0.6 is 11.3 Å². The van der Waals surface area contributed by atoms with Crippen LogP contribution in [0.25, 0.3) is 16.5 Å². The molecule has 1 fully saturated rings. The van der Waals surface area contributed by atoms with E-state index in [9.17, 15) is 9.50 Å². The van der Waals surface area contributed by atoms with E-state index in [0.717, 1.165) is 36.6 Å². The van der Waals surface area contributed by atoms with Crippen LogP contribution in [0.5, 0.6) is 5.88 Å². The van der Waals surface area contributed by atoms with Crippen molar-refractivity contribution < 1.29 is 18.8 Å². The van der Waals surface area contributed by atoms with Gasteiger partial charge in [0.25, 0.3) is 0 Å². The average molecular weight is 491 g/mol. The first kappa shape index (κ1) is 21.8. The van der Waals surface area contributed by atoms with Crippen LogP contribution in [0.2, 0.25) is 0 Å². The Morgan fingerprint density at radius 2 is 1.83 bits per heavy atom. The number of anilines is 1. The molecule has 178 valence electrons.